The van der Waals surface area contributed by atoms with Crippen LogP contribution >= 0.6 is 11.6 Å². The zero-order valence-electron chi connectivity index (χ0n) is 17.1. The van der Waals surface area contributed by atoms with E-state index < -0.39 is 5.97 Å². The smallest absolute Gasteiger partial charge is 0.337 e. The molecule has 4 aromatic rings. The first-order valence-electron chi connectivity index (χ1n) is 9.98. The molecule has 0 saturated carbocycles. The van der Waals surface area contributed by atoms with Crippen LogP contribution in [0.25, 0.3) is 11.3 Å². The van der Waals surface area contributed by atoms with Crippen molar-refractivity contribution in [1.29, 1.82) is 0 Å². The predicted octanol–water partition coefficient (Wildman–Crippen LogP) is 6.26. The largest absolute Gasteiger partial charge is 0.488 e. The summed E-state index contributed by atoms with van der Waals surface area (Å²) in [5.74, 6) is 0.174. The van der Waals surface area contributed by atoms with Crippen molar-refractivity contribution >= 4 is 17.6 Å². The van der Waals surface area contributed by atoms with Crippen molar-refractivity contribution in [1.82, 2.24) is 4.98 Å². The molecule has 0 saturated heterocycles. The highest BCUT2D eigenvalue weighted by atomic mass is 35.5. The van der Waals surface area contributed by atoms with Gasteiger partial charge in [-0.3, -0.25) is 0 Å². The van der Waals surface area contributed by atoms with E-state index in [1.165, 1.54) is 0 Å². The van der Waals surface area contributed by atoms with Crippen LogP contribution in [0.1, 0.15) is 21.6 Å². The fraction of sp³-hybridized carbons (Fsp3) is 0.0769. The lowest BCUT2D eigenvalue weighted by atomic mass is 10.1. The fourth-order valence-electron chi connectivity index (χ4n) is 3.18. The third kappa shape index (κ3) is 5.25. The number of hydrogen-bond donors (Lipinski definition) is 1. The van der Waals surface area contributed by atoms with Crippen LogP contribution in [0.2, 0.25) is 5.02 Å². The number of pyridine rings is 1. The van der Waals surface area contributed by atoms with Crippen molar-refractivity contribution in [2.75, 3.05) is 0 Å². The fourth-order valence-corrected chi connectivity index (χ4v) is 3.30. The molecule has 0 aliphatic rings. The minimum atomic E-state index is -1.06. The molecule has 0 aliphatic heterocycles. The van der Waals surface area contributed by atoms with E-state index in [1.807, 2.05) is 54.6 Å². The molecule has 6 heteroatoms. The number of aromatic carboxylic acids is 1. The van der Waals surface area contributed by atoms with Crippen LogP contribution in [0.3, 0.4) is 0 Å². The van der Waals surface area contributed by atoms with Crippen LogP contribution in [0, 0.1) is 0 Å². The summed E-state index contributed by atoms with van der Waals surface area (Å²) >= 11 is 5.91. The normalized spacial score (nSPS) is 10.5. The first kappa shape index (κ1) is 21.4. The summed E-state index contributed by atoms with van der Waals surface area (Å²) < 4.78 is 11.8. The molecule has 0 atom stereocenters. The SMILES string of the molecule is O=C(O)c1ccc(-c2ccccc2OCc2ccccc2)nc1COc1ccc(Cl)cc1. The molecule has 32 heavy (non-hydrogen) atoms. The van der Waals surface area contributed by atoms with Gasteiger partial charge in [0.15, 0.2) is 0 Å². The molecule has 0 fully saturated rings. The zero-order valence-corrected chi connectivity index (χ0v) is 17.8. The van der Waals surface area contributed by atoms with Crippen molar-refractivity contribution in [3.63, 3.8) is 0 Å². The number of aromatic nitrogens is 1. The number of rotatable bonds is 8. The second-order valence-corrected chi connectivity index (χ2v) is 7.45. The summed E-state index contributed by atoms with van der Waals surface area (Å²) in [4.78, 5) is 16.3. The van der Waals surface area contributed by atoms with E-state index in [2.05, 4.69) is 4.98 Å². The second-order valence-electron chi connectivity index (χ2n) is 7.01. The molecule has 3 aromatic carbocycles. The Hall–Kier alpha value is -3.83. The van der Waals surface area contributed by atoms with E-state index in [4.69, 9.17) is 21.1 Å². The highest BCUT2D eigenvalue weighted by Gasteiger charge is 2.16. The maximum absolute atomic E-state index is 11.7. The number of carboxylic acids is 1. The quantitative estimate of drug-likeness (QED) is 0.346. The van der Waals surface area contributed by atoms with Gasteiger partial charge < -0.3 is 14.6 Å². The third-order valence-electron chi connectivity index (χ3n) is 4.79. The van der Waals surface area contributed by atoms with Gasteiger partial charge in [-0.15, -0.1) is 0 Å². The molecule has 0 amide bonds. The Bertz CT molecular complexity index is 1210. The lowest BCUT2D eigenvalue weighted by Gasteiger charge is -2.14. The number of hydrogen-bond acceptors (Lipinski definition) is 4. The molecule has 0 bridgehead atoms. The lowest BCUT2D eigenvalue weighted by Crippen LogP contribution is -2.09. The number of benzene rings is 3. The number of para-hydroxylation sites is 1. The zero-order chi connectivity index (χ0) is 22.3. The van der Waals surface area contributed by atoms with Crippen LogP contribution in [0.15, 0.2) is 91.0 Å². The number of halogens is 1. The summed E-state index contributed by atoms with van der Waals surface area (Å²) in [6, 6.07) is 27.5. The van der Waals surface area contributed by atoms with Gasteiger partial charge in [0.25, 0.3) is 0 Å². The summed E-state index contributed by atoms with van der Waals surface area (Å²) in [5, 5.41) is 10.2. The molecule has 1 N–H and O–H groups in total. The first-order chi connectivity index (χ1) is 15.6. The van der Waals surface area contributed by atoms with Gasteiger partial charge in [-0.05, 0) is 54.1 Å². The standard InChI is InChI=1S/C26H20ClNO4/c27-19-10-12-20(13-11-19)31-17-24-22(26(29)30)14-15-23(28-24)21-8-4-5-9-25(21)32-16-18-6-2-1-3-7-18/h1-15H,16-17H2,(H,29,30). The van der Waals surface area contributed by atoms with Crippen LogP contribution in [0.5, 0.6) is 11.5 Å². The molecular weight excluding hydrogens is 426 g/mol. The molecule has 1 heterocycles. The topological polar surface area (TPSA) is 68.7 Å². The summed E-state index contributed by atoms with van der Waals surface area (Å²) in [5.41, 5.74) is 2.84. The van der Waals surface area contributed by atoms with E-state index in [0.717, 1.165) is 11.1 Å². The highest BCUT2D eigenvalue weighted by Crippen LogP contribution is 2.30. The molecule has 4 rings (SSSR count). The summed E-state index contributed by atoms with van der Waals surface area (Å²) in [7, 11) is 0. The Morgan fingerprint density at radius 2 is 1.53 bits per heavy atom. The monoisotopic (exact) mass is 445 g/mol. The van der Waals surface area contributed by atoms with E-state index in [-0.39, 0.29) is 12.2 Å². The Morgan fingerprint density at radius 1 is 0.812 bits per heavy atom. The van der Waals surface area contributed by atoms with Gasteiger partial charge in [0.2, 0.25) is 0 Å². The molecule has 160 valence electrons. The number of carbonyl (C=O) groups is 1. The molecule has 0 aliphatic carbocycles. The summed E-state index contributed by atoms with van der Waals surface area (Å²) in [6.45, 7) is 0.418. The molecule has 0 radical (unpaired) electrons. The van der Waals surface area contributed by atoms with Gasteiger partial charge in [-0.1, -0.05) is 54.1 Å². The average Bonchev–Trinajstić information content (AvgIpc) is 2.83. The van der Waals surface area contributed by atoms with Crippen molar-refractivity contribution in [2.24, 2.45) is 0 Å². The van der Waals surface area contributed by atoms with Crippen molar-refractivity contribution in [3.05, 3.63) is 113 Å². The van der Waals surface area contributed by atoms with Crippen LogP contribution < -0.4 is 9.47 Å². The van der Waals surface area contributed by atoms with E-state index in [0.29, 0.717) is 34.5 Å². The first-order valence-corrected chi connectivity index (χ1v) is 10.4. The maximum Gasteiger partial charge on any atom is 0.337 e. The molecule has 5 nitrogen and oxygen atoms in total. The molecular formula is C26H20ClNO4. The minimum Gasteiger partial charge on any atom is -0.488 e. The van der Waals surface area contributed by atoms with Crippen LogP contribution in [0.4, 0.5) is 0 Å². The Kier molecular flexibility index (Phi) is 6.68. The average molecular weight is 446 g/mol. The van der Waals surface area contributed by atoms with Gasteiger partial charge in [0, 0.05) is 10.6 Å². The van der Waals surface area contributed by atoms with Crippen LogP contribution in [-0.2, 0) is 13.2 Å². The number of nitrogens with zero attached hydrogens (tertiary/aromatic N) is 1. The highest BCUT2D eigenvalue weighted by molar-refractivity contribution is 6.30. The van der Waals surface area contributed by atoms with Crippen LogP contribution in [-0.4, -0.2) is 16.1 Å². The van der Waals surface area contributed by atoms with Gasteiger partial charge >= 0.3 is 5.97 Å². The van der Waals surface area contributed by atoms with Crippen molar-refractivity contribution in [3.8, 4) is 22.8 Å². The number of ether oxygens (including phenoxy) is 2. The van der Waals surface area contributed by atoms with Gasteiger partial charge in [0.1, 0.15) is 24.7 Å². The molecule has 1 aromatic heterocycles. The second kappa shape index (κ2) is 9.98. The molecule has 0 spiro atoms. The maximum atomic E-state index is 11.7. The lowest BCUT2D eigenvalue weighted by molar-refractivity contribution is 0.0693. The van der Waals surface area contributed by atoms with E-state index in [1.54, 1.807) is 36.4 Å². The van der Waals surface area contributed by atoms with Gasteiger partial charge in [0.05, 0.1) is 17.0 Å². The van der Waals surface area contributed by atoms with Crippen molar-refractivity contribution < 1.29 is 19.4 Å². The Morgan fingerprint density at radius 3 is 2.28 bits per heavy atom. The number of carboxylic acid groups (broad SMARTS) is 1. The Labute approximate surface area is 190 Å². The van der Waals surface area contributed by atoms with Gasteiger partial charge in [-0.2, -0.15) is 0 Å². The Balaban J connectivity index is 1.60. The summed E-state index contributed by atoms with van der Waals surface area (Å²) in [6.07, 6.45) is 0. The molecule has 0 unspecified atom stereocenters. The van der Waals surface area contributed by atoms with E-state index >= 15 is 0 Å². The van der Waals surface area contributed by atoms with Crippen molar-refractivity contribution in [2.45, 2.75) is 13.2 Å². The minimum absolute atomic E-state index is 0.00411. The van der Waals surface area contributed by atoms with Gasteiger partial charge in [-0.25, -0.2) is 9.78 Å². The van der Waals surface area contributed by atoms with E-state index in [9.17, 15) is 9.90 Å². The third-order valence-corrected chi connectivity index (χ3v) is 5.05. The predicted molar refractivity (Wildman–Crippen MR) is 123 cm³/mol.